The Balaban J connectivity index is 1.66. The zero-order valence-corrected chi connectivity index (χ0v) is 21.8. The van der Waals surface area contributed by atoms with E-state index in [0.29, 0.717) is 49.1 Å². The Labute approximate surface area is 213 Å². The van der Waals surface area contributed by atoms with Crippen molar-refractivity contribution in [1.29, 1.82) is 0 Å². The van der Waals surface area contributed by atoms with Crippen molar-refractivity contribution in [3.63, 3.8) is 0 Å². The number of unbranched alkanes of at least 4 members (excludes halogenated alkanes) is 2. The predicted molar refractivity (Wildman–Crippen MR) is 140 cm³/mol. The van der Waals surface area contributed by atoms with Gasteiger partial charge in [-0.2, -0.15) is 0 Å². The molecule has 1 aliphatic rings. The van der Waals surface area contributed by atoms with E-state index < -0.39 is 12.0 Å². The summed E-state index contributed by atoms with van der Waals surface area (Å²) in [7, 11) is 0. The quantitative estimate of drug-likeness (QED) is 0.291. The van der Waals surface area contributed by atoms with Gasteiger partial charge in [0.25, 0.3) is 0 Å². The molecule has 7 heteroatoms. The summed E-state index contributed by atoms with van der Waals surface area (Å²) in [5, 5.41) is 9.97. The molecule has 1 aromatic carbocycles. The Morgan fingerprint density at radius 2 is 2.11 bits per heavy atom. The Morgan fingerprint density at radius 3 is 2.83 bits per heavy atom. The molecule has 1 amide bonds. The number of benzene rings is 1. The first kappa shape index (κ1) is 27.2. The third-order valence-corrected chi connectivity index (χ3v) is 6.23. The van der Waals surface area contributed by atoms with E-state index in [4.69, 9.17) is 9.15 Å². The molecule has 0 saturated carbocycles. The van der Waals surface area contributed by atoms with Crippen LogP contribution in [0.25, 0.3) is 6.08 Å². The molecule has 0 bridgehead atoms. The molecule has 0 aliphatic carbocycles. The minimum Gasteiger partial charge on any atom is -0.493 e. The van der Waals surface area contributed by atoms with E-state index in [-0.39, 0.29) is 5.91 Å². The van der Waals surface area contributed by atoms with Gasteiger partial charge in [0.1, 0.15) is 11.5 Å². The summed E-state index contributed by atoms with van der Waals surface area (Å²) in [5.74, 6) is 1.20. The SMILES string of the molecule is CCCC/C=C/C(=O)N1CCc2ccc(OCCc3nc(/C=C/CC(C)C)oc3C)cc2C1C(=O)O. The summed E-state index contributed by atoms with van der Waals surface area (Å²) < 4.78 is 11.7. The fourth-order valence-electron chi connectivity index (χ4n) is 4.25. The number of amides is 1. The highest BCUT2D eigenvalue weighted by Gasteiger charge is 2.35. The Kier molecular flexibility index (Phi) is 9.91. The number of rotatable bonds is 12. The van der Waals surface area contributed by atoms with Gasteiger partial charge in [0, 0.05) is 13.0 Å². The Bertz CT molecular complexity index is 1100. The molecule has 1 atom stereocenters. The number of allylic oxidation sites excluding steroid dienone is 2. The highest BCUT2D eigenvalue weighted by atomic mass is 16.5. The normalized spacial score (nSPS) is 15.7. The lowest BCUT2D eigenvalue weighted by molar-refractivity contribution is -0.149. The molecule has 1 N–H and O–H groups in total. The molecular formula is C29H38N2O5. The van der Waals surface area contributed by atoms with Gasteiger partial charge in [-0.25, -0.2) is 9.78 Å². The molecule has 1 aliphatic heterocycles. The molecule has 0 fully saturated rings. The molecule has 1 unspecified atom stereocenters. The summed E-state index contributed by atoms with van der Waals surface area (Å²) >= 11 is 0. The average Bonchev–Trinajstić information content (AvgIpc) is 3.19. The number of aryl methyl sites for hydroxylation is 1. The van der Waals surface area contributed by atoms with E-state index in [0.717, 1.165) is 42.7 Å². The first-order valence-electron chi connectivity index (χ1n) is 12.9. The first-order valence-corrected chi connectivity index (χ1v) is 12.9. The monoisotopic (exact) mass is 494 g/mol. The van der Waals surface area contributed by atoms with E-state index in [1.807, 2.05) is 31.2 Å². The Hall–Kier alpha value is -3.35. The van der Waals surface area contributed by atoms with Gasteiger partial charge in [-0.05, 0) is 67.5 Å². The molecule has 36 heavy (non-hydrogen) atoms. The number of carbonyl (C=O) groups is 2. The Morgan fingerprint density at radius 1 is 1.31 bits per heavy atom. The fourth-order valence-corrected chi connectivity index (χ4v) is 4.25. The van der Waals surface area contributed by atoms with Crippen LogP contribution in [0.2, 0.25) is 0 Å². The zero-order valence-electron chi connectivity index (χ0n) is 21.8. The van der Waals surface area contributed by atoms with Crippen LogP contribution in [0.5, 0.6) is 5.75 Å². The highest BCUT2D eigenvalue weighted by Crippen LogP contribution is 2.33. The number of carbonyl (C=O) groups excluding carboxylic acids is 1. The number of fused-ring (bicyclic) bond motifs is 1. The van der Waals surface area contributed by atoms with Crippen LogP contribution in [-0.2, 0) is 22.4 Å². The van der Waals surface area contributed by atoms with Crippen LogP contribution in [0.1, 0.15) is 81.0 Å². The van der Waals surface area contributed by atoms with Crippen LogP contribution >= 0.6 is 0 Å². The molecule has 194 valence electrons. The number of oxazole rings is 1. The average molecular weight is 495 g/mol. The fraction of sp³-hybridized carbons (Fsp3) is 0.483. The van der Waals surface area contributed by atoms with Gasteiger partial charge in [0.05, 0.1) is 12.3 Å². The molecular weight excluding hydrogens is 456 g/mol. The maximum absolute atomic E-state index is 12.8. The lowest BCUT2D eigenvalue weighted by atomic mass is 9.92. The second-order valence-corrected chi connectivity index (χ2v) is 9.61. The molecule has 2 aromatic rings. The molecule has 0 radical (unpaired) electrons. The number of hydrogen-bond donors (Lipinski definition) is 1. The molecule has 1 aromatic heterocycles. The molecule has 2 heterocycles. The lowest BCUT2D eigenvalue weighted by Gasteiger charge is -2.34. The first-order chi connectivity index (χ1) is 17.3. The van der Waals surface area contributed by atoms with Crippen LogP contribution in [-0.4, -0.2) is 40.0 Å². The highest BCUT2D eigenvalue weighted by molar-refractivity contribution is 5.92. The number of aromatic nitrogens is 1. The number of carboxylic acid groups (broad SMARTS) is 1. The third-order valence-electron chi connectivity index (χ3n) is 6.23. The minimum absolute atomic E-state index is 0.268. The number of aliphatic carboxylic acids is 1. The van der Waals surface area contributed by atoms with Crippen molar-refractivity contribution in [2.45, 2.75) is 72.3 Å². The smallest absolute Gasteiger partial charge is 0.331 e. The second-order valence-electron chi connectivity index (χ2n) is 9.61. The van der Waals surface area contributed by atoms with Gasteiger partial charge in [0.15, 0.2) is 6.04 Å². The van der Waals surface area contributed by atoms with Crippen molar-refractivity contribution in [1.82, 2.24) is 9.88 Å². The van der Waals surface area contributed by atoms with Crippen molar-refractivity contribution in [2.75, 3.05) is 13.2 Å². The van der Waals surface area contributed by atoms with E-state index in [1.54, 1.807) is 6.07 Å². The molecule has 0 spiro atoms. The van der Waals surface area contributed by atoms with Crippen LogP contribution < -0.4 is 4.74 Å². The van der Waals surface area contributed by atoms with Crippen molar-refractivity contribution in [2.24, 2.45) is 5.92 Å². The minimum atomic E-state index is -1.04. The molecule has 7 nitrogen and oxygen atoms in total. The van der Waals surface area contributed by atoms with E-state index >= 15 is 0 Å². The van der Waals surface area contributed by atoms with Gasteiger partial charge in [0.2, 0.25) is 11.8 Å². The van der Waals surface area contributed by atoms with Gasteiger partial charge in [-0.1, -0.05) is 51.8 Å². The van der Waals surface area contributed by atoms with Gasteiger partial charge in [-0.15, -0.1) is 0 Å². The topological polar surface area (TPSA) is 92.9 Å². The van der Waals surface area contributed by atoms with Crippen molar-refractivity contribution in [3.05, 3.63) is 64.9 Å². The summed E-state index contributed by atoms with van der Waals surface area (Å²) in [6.45, 7) is 9.06. The molecule has 0 saturated heterocycles. The van der Waals surface area contributed by atoms with E-state index in [9.17, 15) is 14.7 Å². The maximum atomic E-state index is 12.8. The van der Waals surface area contributed by atoms with Gasteiger partial charge in [-0.3, -0.25) is 4.79 Å². The third kappa shape index (κ3) is 7.33. The van der Waals surface area contributed by atoms with Gasteiger partial charge >= 0.3 is 5.97 Å². The van der Waals surface area contributed by atoms with Crippen molar-refractivity contribution < 1.29 is 23.8 Å². The standard InChI is InChI=1S/C29H38N2O5/c1-5-6-7-8-12-27(32)31-17-15-22-13-14-23(19-24(22)28(31)29(33)34)35-18-16-25-21(4)36-26(30-25)11-9-10-20(2)3/h8-9,11-14,19-20,28H,5-7,10,15-18H2,1-4H3,(H,33,34)/b11-9+,12-8+. The van der Waals surface area contributed by atoms with Crippen LogP contribution in [0, 0.1) is 12.8 Å². The number of ether oxygens (including phenoxy) is 1. The lowest BCUT2D eigenvalue weighted by Crippen LogP contribution is -2.42. The van der Waals surface area contributed by atoms with Crippen LogP contribution in [0.4, 0.5) is 0 Å². The summed E-state index contributed by atoms with van der Waals surface area (Å²) in [6, 6.07) is 4.48. The molecule has 3 rings (SSSR count). The number of nitrogens with zero attached hydrogens (tertiary/aromatic N) is 2. The van der Waals surface area contributed by atoms with Crippen molar-refractivity contribution in [3.8, 4) is 5.75 Å². The van der Waals surface area contributed by atoms with Gasteiger partial charge < -0.3 is 19.2 Å². The van der Waals surface area contributed by atoms with E-state index in [2.05, 4.69) is 31.8 Å². The maximum Gasteiger partial charge on any atom is 0.331 e. The van der Waals surface area contributed by atoms with Crippen LogP contribution in [0.3, 0.4) is 0 Å². The largest absolute Gasteiger partial charge is 0.493 e. The number of hydrogen-bond acceptors (Lipinski definition) is 5. The number of carboxylic acids is 1. The summed E-state index contributed by atoms with van der Waals surface area (Å²) in [6.07, 6.45) is 12.3. The summed E-state index contributed by atoms with van der Waals surface area (Å²) in [5.41, 5.74) is 2.38. The van der Waals surface area contributed by atoms with Crippen LogP contribution in [0.15, 0.2) is 40.8 Å². The zero-order chi connectivity index (χ0) is 26.1. The summed E-state index contributed by atoms with van der Waals surface area (Å²) in [4.78, 5) is 30.9. The predicted octanol–water partition coefficient (Wildman–Crippen LogP) is 5.92. The second kappa shape index (κ2) is 13.1. The van der Waals surface area contributed by atoms with Crippen molar-refractivity contribution >= 4 is 18.0 Å². The van der Waals surface area contributed by atoms with E-state index in [1.165, 1.54) is 11.0 Å².